The molecule has 0 aliphatic heterocycles. The molecule has 0 unspecified atom stereocenters. The van der Waals surface area contributed by atoms with E-state index in [0.29, 0.717) is 0 Å². The molecule has 3 heteroatoms. The number of hydroxylamine groups is 1. The Morgan fingerprint density at radius 1 is 1.23 bits per heavy atom. The van der Waals surface area contributed by atoms with Gasteiger partial charge in [0.25, 0.3) is 0 Å². The topological polar surface area (TPSA) is 38.4 Å². The summed E-state index contributed by atoms with van der Waals surface area (Å²) in [5, 5.41) is 15.6. The van der Waals surface area contributed by atoms with Crippen molar-refractivity contribution in [2.45, 2.75) is 52.6 Å². The van der Waals surface area contributed by atoms with E-state index in [1.165, 1.54) is 0 Å². The number of rotatable bonds is 2. The summed E-state index contributed by atoms with van der Waals surface area (Å²) < 4.78 is 0. The van der Waals surface area contributed by atoms with Crippen LogP contribution in [0.1, 0.15) is 41.5 Å². The molecule has 0 aliphatic carbocycles. The number of hydrogen-bond acceptors (Lipinski definition) is 2. The zero-order valence-electron chi connectivity index (χ0n) is 9.51. The summed E-state index contributed by atoms with van der Waals surface area (Å²) in [6, 6.07) is 0. The predicted molar refractivity (Wildman–Crippen MR) is 54.7 cm³/mol. The van der Waals surface area contributed by atoms with Gasteiger partial charge in [-0.2, -0.15) is 0 Å². The van der Waals surface area contributed by atoms with Gasteiger partial charge in [0.2, 0.25) is 0 Å². The van der Waals surface area contributed by atoms with Crippen molar-refractivity contribution in [3.8, 4) is 0 Å². The van der Waals surface area contributed by atoms with Crippen molar-refractivity contribution in [3.05, 3.63) is 17.4 Å². The average molecular weight is 184 g/mol. The van der Waals surface area contributed by atoms with Gasteiger partial charge in [-0.15, -0.1) is 0 Å². The van der Waals surface area contributed by atoms with E-state index in [0.717, 1.165) is 10.4 Å². The van der Waals surface area contributed by atoms with Crippen molar-refractivity contribution in [1.82, 2.24) is 0 Å². The van der Waals surface area contributed by atoms with Crippen molar-refractivity contribution < 1.29 is 4.86 Å². The fourth-order valence-electron chi connectivity index (χ4n) is 0.462. The summed E-state index contributed by atoms with van der Waals surface area (Å²) in [5.74, 6) is 0. The maximum absolute atomic E-state index is 11.5. The summed E-state index contributed by atoms with van der Waals surface area (Å²) in [4.78, 5) is 0.752. The van der Waals surface area contributed by atoms with Crippen molar-refractivity contribution in [2.24, 2.45) is 5.11 Å². The summed E-state index contributed by atoms with van der Waals surface area (Å²) in [7, 11) is 0. The van der Waals surface area contributed by atoms with Gasteiger partial charge in [-0.1, -0.05) is 11.4 Å². The first-order valence-corrected chi connectivity index (χ1v) is 4.43. The second-order valence-corrected chi connectivity index (χ2v) is 4.88. The SMILES string of the molecule is C=C(C)C(C)(C)N=[N+]([O-])C(C)(C)C. The zero-order chi connectivity index (χ0) is 10.9. The molecule has 0 saturated heterocycles. The van der Waals surface area contributed by atoms with Crippen LogP contribution >= 0.6 is 0 Å². The molecule has 0 aliphatic rings. The molecule has 0 spiro atoms. The lowest BCUT2D eigenvalue weighted by molar-refractivity contribution is -0.603. The van der Waals surface area contributed by atoms with Gasteiger partial charge < -0.3 is 5.21 Å². The molecular weight excluding hydrogens is 164 g/mol. The highest BCUT2D eigenvalue weighted by molar-refractivity contribution is 5.08. The fraction of sp³-hybridized carbons (Fsp3) is 0.800. The molecular formula is C10H20N2O. The molecule has 0 aromatic rings. The quantitative estimate of drug-likeness (QED) is 0.281. The Morgan fingerprint density at radius 2 is 1.62 bits per heavy atom. The normalized spacial score (nSPS) is 14.5. The lowest BCUT2D eigenvalue weighted by atomic mass is 9.98. The van der Waals surface area contributed by atoms with Crippen molar-refractivity contribution in [1.29, 1.82) is 0 Å². The van der Waals surface area contributed by atoms with Crippen LogP contribution in [-0.4, -0.2) is 15.9 Å². The molecule has 0 aromatic carbocycles. The van der Waals surface area contributed by atoms with Crippen LogP contribution < -0.4 is 0 Å². The first-order valence-electron chi connectivity index (χ1n) is 4.43. The Bertz CT molecular complexity index is 234. The first-order chi connectivity index (χ1) is 5.57. The summed E-state index contributed by atoms with van der Waals surface area (Å²) in [5.41, 5.74) is -0.0699. The van der Waals surface area contributed by atoms with E-state index < -0.39 is 11.1 Å². The van der Waals surface area contributed by atoms with Crippen LogP contribution in [0.3, 0.4) is 0 Å². The van der Waals surface area contributed by atoms with E-state index in [1.807, 2.05) is 41.5 Å². The molecule has 0 rings (SSSR count). The van der Waals surface area contributed by atoms with E-state index >= 15 is 0 Å². The molecule has 0 amide bonds. The third kappa shape index (κ3) is 3.57. The smallest absolute Gasteiger partial charge is 0.190 e. The fourth-order valence-corrected chi connectivity index (χ4v) is 0.462. The van der Waals surface area contributed by atoms with Crippen LogP contribution in [0.2, 0.25) is 0 Å². The van der Waals surface area contributed by atoms with Crippen molar-refractivity contribution in [2.75, 3.05) is 0 Å². The Balaban J connectivity index is 4.86. The van der Waals surface area contributed by atoms with Gasteiger partial charge in [-0.3, -0.25) is 0 Å². The number of azo groups is 1. The second-order valence-electron chi connectivity index (χ2n) is 4.88. The van der Waals surface area contributed by atoms with Crippen molar-refractivity contribution >= 4 is 0 Å². The van der Waals surface area contributed by atoms with E-state index in [2.05, 4.69) is 11.7 Å². The van der Waals surface area contributed by atoms with Gasteiger partial charge in [0, 0.05) is 20.8 Å². The predicted octanol–water partition coefficient (Wildman–Crippen LogP) is 3.10. The maximum atomic E-state index is 11.5. The molecule has 13 heavy (non-hydrogen) atoms. The largest absolute Gasteiger partial charge is 0.599 e. The second kappa shape index (κ2) is 3.48. The Kier molecular flexibility index (Phi) is 3.25. The Hall–Kier alpha value is -0.860. The lowest BCUT2D eigenvalue weighted by Gasteiger charge is -2.22. The van der Waals surface area contributed by atoms with Crippen LogP contribution in [0.15, 0.2) is 17.3 Å². The van der Waals surface area contributed by atoms with Gasteiger partial charge in [-0.25, -0.2) is 0 Å². The molecule has 0 saturated carbocycles. The molecule has 0 bridgehead atoms. The van der Waals surface area contributed by atoms with Gasteiger partial charge >= 0.3 is 0 Å². The Labute approximate surface area is 80.7 Å². The lowest BCUT2D eigenvalue weighted by Crippen LogP contribution is -2.31. The van der Waals surface area contributed by atoms with Gasteiger partial charge in [0.15, 0.2) is 5.54 Å². The third-order valence-electron chi connectivity index (χ3n) is 1.96. The van der Waals surface area contributed by atoms with E-state index in [4.69, 9.17) is 0 Å². The molecule has 0 N–H and O–H groups in total. The molecule has 76 valence electrons. The molecule has 0 heterocycles. The van der Waals surface area contributed by atoms with Crippen LogP contribution in [-0.2, 0) is 0 Å². The highest BCUT2D eigenvalue weighted by atomic mass is 16.5. The number of hydrogen-bond donors (Lipinski definition) is 0. The Morgan fingerprint density at radius 3 is 1.85 bits per heavy atom. The standard InChI is InChI=1S/C10H20N2O/c1-8(2)10(6,7)11-12(13)9(3,4)5/h1H2,2-7H3. The first kappa shape index (κ1) is 12.1. The van der Waals surface area contributed by atoms with Crippen molar-refractivity contribution in [3.63, 3.8) is 0 Å². The summed E-state index contributed by atoms with van der Waals surface area (Å²) >= 11 is 0. The average Bonchev–Trinajstić information content (AvgIpc) is 1.83. The summed E-state index contributed by atoms with van der Waals surface area (Å²) in [6.45, 7) is 14.9. The minimum absolute atomic E-state index is 0.477. The molecule has 0 fully saturated rings. The van der Waals surface area contributed by atoms with Gasteiger partial charge in [0.05, 0.1) is 0 Å². The van der Waals surface area contributed by atoms with Gasteiger partial charge in [-0.05, 0) is 31.5 Å². The molecule has 0 atom stereocenters. The van der Waals surface area contributed by atoms with E-state index in [-0.39, 0.29) is 0 Å². The van der Waals surface area contributed by atoms with E-state index in [9.17, 15) is 5.21 Å². The zero-order valence-corrected chi connectivity index (χ0v) is 9.51. The summed E-state index contributed by atoms with van der Waals surface area (Å²) in [6.07, 6.45) is 0. The van der Waals surface area contributed by atoms with Crippen LogP contribution in [0.4, 0.5) is 0 Å². The molecule has 0 radical (unpaired) electrons. The minimum atomic E-state index is -0.479. The minimum Gasteiger partial charge on any atom is -0.599 e. The molecule has 0 aromatic heterocycles. The highest BCUT2D eigenvalue weighted by Crippen LogP contribution is 2.20. The molecule has 3 nitrogen and oxygen atoms in total. The monoisotopic (exact) mass is 184 g/mol. The third-order valence-corrected chi connectivity index (χ3v) is 1.96. The van der Waals surface area contributed by atoms with Gasteiger partial charge in [0.1, 0.15) is 5.54 Å². The maximum Gasteiger partial charge on any atom is 0.190 e. The number of nitrogens with zero attached hydrogens (tertiary/aromatic N) is 2. The van der Waals surface area contributed by atoms with Crippen LogP contribution in [0, 0.1) is 5.21 Å². The van der Waals surface area contributed by atoms with Crippen LogP contribution in [0.5, 0.6) is 0 Å². The highest BCUT2D eigenvalue weighted by Gasteiger charge is 2.27. The van der Waals surface area contributed by atoms with Crippen LogP contribution in [0.25, 0.3) is 0 Å². The van der Waals surface area contributed by atoms with E-state index in [1.54, 1.807) is 0 Å².